The van der Waals surface area contributed by atoms with E-state index in [0.717, 1.165) is 18.2 Å². The summed E-state index contributed by atoms with van der Waals surface area (Å²) in [6.07, 6.45) is -8.74. The number of hydrogen-bond donors (Lipinski definition) is 0. The standard InChI is InChI=1S/C26H17F9/c1-16-10-19(12-21(11-16)24(27,28)29)8-6-17-2-4-18(5-3-17)7-9-20-13-22(25(30,31)32)15-23(14-20)26(33,34)35/h2-15H,1H3/b8-6+,9-7+. The lowest BCUT2D eigenvalue weighted by Gasteiger charge is -2.12. The van der Waals surface area contributed by atoms with Gasteiger partial charge in [-0.15, -0.1) is 0 Å². The van der Waals surface area contributed by atoms with E-state index in [1.807, 2.05) is 0 Å². The summed E-state index contributed by atoms with van der Waals surface area (Å²) < 4.78 is 117. The van der Waals surface area contributed by atoms with Gasteiger partial charge in [-0.05, 0) is 65.1 Å². The lowest BCUT2D eigenvalue weighted by molar-refractivity contribution is -0.143. The predicted molar refractivity (Wildman–Crippen MR) is 117 cm³/mol. The van der Waals surface area contributed by atoms with E-state index in [1.165, 1.54) is 12.2 Å². The molecule has 0 spiro atoms. The topological polar surface area (TPSA) is 0 Å². The van der Waals surface area contributed by atoms with Crippen molar-refractivity contribution < 1.29 is 39.5 Å². The molecule has 3 rings (SSSR count). The molecule has 0 heterocycles. The van der Waals surface area contributed by atoms with Gasteiger partial charge in [0.05, 0.1) is 16.7 Å². The summed E-state index contributed by atoms with van der Waals surface area (Å²) in [6.45, 7) is 1.55. The Bertz CT molecular complexity index is 1210. The first-order valence-corrected chi connectivity index (χ1v) is 10.1. The first-order valence-electron chi connectivity index (χ1n) is 10.1. The molecule has 9 heteroatoms. The van der Waals surface area contributed by atoms with E-state index < -0.39 is 35.2 Å². The van der Waals surface area contributed by atoms with E-state index in [9.17, 15) is 39.5 Å². The number of aryl methyl sites for hydroxylation is 1. The van der Waals surface area contributed by atoms with Crippen molar-refractivity contribution in [3.05, 3.63) is 105 Å². The van der Waals surface area contributed by atoms with E-state index in [0.29, 0.717) is 34.4 Å². The Balaban J connectivity index is 1.81. The van der Waals surface area contributed by atoms with Crippen LogP contribution in [0.5, 0.6) is 0 Å². The maximum atomic E-state index is 13.0. The lowest BCUT2D eigenvalue weighted by atomic mass is 10.0. The molecular formula is C26H17F9. The van der Waals surface area contributed by atoms with Gasteiger partial charge < -0.3 is 0 Å². The molecule has 0 amide bonds. The fourth-order valence-corrected chi connectivity index (χ4v) is 3.25. The Morgan fingerprint density at radius 1 is 0.429 bits per heavy atom. The summed E-state index contributed by atoms with van der Waals surface area (Å²) >= 11 is 0. The van der Waals surface area contributed by atoms with Gasteiger partial charge in [0.2, 0.25) is 0 Å². The Morgan fingerprint density at radius 2 is 0.743 bits per heavy atom. The maximum Gasteiger partial charge on any atom is 0.416 e. The normalized spacial score (nSPS) is 13.2. The molecule has 0 unspecified atom stereocenters. The summed E-state index contributed by atoms with van der Waals surface area (Å²) in [4.78, 5) is 0. The molecule has 0 aliphatic carbocycles. The molecule has 0 aliphatic heterocycles. The summed E-state index contributed by atoms with van der Waals surface area (Å²) in [5, 5.41) is 0. The van der Waals surface area contributed by atoms with Gasteiger partial charge in [0.25, 0.3) is 0 Å². The van der Waals surface area contributed by atoms with Crippen molar-refractivity contribution in [3.63, 3.8) is 0 Å². The van der Waals surface area contributed by atoms with Gasteiger partial charge in [0.15, 0.2) is 0 Å². The first-order chi connectivity index (χ1) is 16.1. The Morgan fingerprint density at radius 3 is 1.11 bits per heavy atom. The fraction of sp³-hybridized carbons (Fsp3) is 0.154. The van der Waals surface area contributed by atoms with Crippen molar-refractivity contribution in [3.8, 4) is 0 Å². The number of benzene rings is 3. The second kappa shape index (κ2) is 9.64. The molecule has 0 radical (unpaired) electrons. The maximum absolute atomic E-state index is 13.0. The van der Waals surface area contributed by atoms with Crippen molar-refractivity contribution in [2.24, 2.45) is 0 Å². The van der Waals surface area contributed by atoms with E-state index >= 15 is 0 Å². The predicted octanol–water partition coefficient (Wildman–Crippen LogP) is 9.39. The fourth-order valence-electron chi connectivity index (χ4n) is 3.25. The molecule has 0 fully saturated rings. The molecule has 184 valence electrons. The molecular weight excluding hydrogens is 483 g/mol. The van der Waals surface area contributed by atoms with Crippen molar-refractivity contribution >= 4 is 24.3 Å². The molecule has 3 aromatic rings. The highest BCUT2D eigenvalue weighted by Crippen LogP contribution is 2.36. The van der Waals surface area contributed by atoms with Crippen molar-refractivity contribution in [2.45, 2.75) is 25.5 Å². The number of halogens is 9. The van der Waals surface area contributed by atoms with Crippen LogP contribution in [0.15, 0.2) is 60.7 Å². The van der Waals surface area contributed by atoms with Crippen molar-refractivity contribution in [1.82, 2.24) is 0 Å². The smallest absolute Gasteiger partial charge is 0.166 e. The van der Waals surface area contributed by atoms with Crippen LogP contribution in [0.1, 0.15) is 44.5 Å². The second-order valence-electron chi connectivity index (χ2n) is 7.80. The molecule has 0 saturated heterocycles. The van der Waals surface area contributed by atoms with Gasteiger partial charge in [0.1, 0.15) is 0 Å². The van der Waals surface area contributed by atoms with Gasteiger partial charge in [-0.25, -0.2) is 0 Å². The first kappa shape index (κ1) is 26.1. The van der Waals surface area contributed by atoms with Crippen LogP contribution in [0, 0.1) is 6.92 Å². The molecule has 0 aromatic heterocycles. The summed E-state index contributed by atoms with van der Waals surface area (Å²) in [6, 6.07) is 11.3. The van der Waals surface area contributed by atoms with Gasteiger partial charge >= 0.3 is 18.5 Å². The van der Waals surface area contributed by atoms with Crippen LogP contribution in [0.25, 0.3) is 24.3 Å². The SMILES string of the molecule is Cc1cc(/C=C/c2ccc(/C=C/c3cc(C(F)(F)F)cc(C(F)(F)F)c3)cc2)cc(C(F)(F)F)c1. The van der Waals surface area contributed by atoms with Crippen LogP contribution in [0.3, 0.4) is 0 Å². The van der Waals surface area contributed by atoms with E-state index in [2.05, 4.69) is 0 Å². The Labute approximate surface area is 195 Å². The zero-order valence-electron chi connectivity index (χ0n) is 18.0. The van der Waals surface area contributed by atoms with Crippen LogP contribution in [0.4, 0.5) is 39.5 Å². The molecule has 3 aromatic carbocycles. The van der Waals surface area contributed by atoms with E-state index in [-0.39, 0.29) is 11.6 Å². The summed E-state index contributed by atoms with van der Waals surface area (Å²) in [7, 11) is 0. The van der Waals surface area contributed by atoms with Gasteiger partial charge in [-0.1, -0.05) is 54.6 Å². The average molecular weight is 500 g/mol. The summed E-state index contributed by atoms with van der Waals surface area (Å²) in [5.74, 6) is 0. The average Bonchev–Trinajstić information content (AvgIpc) is 2.74. The zero-order chi connectivity index (χ0) is 26.0. The lowest BCUT2D eigenvalue weighted by Crippen LogP contribution is -2.11. The van der Waals surface area contributed by atoms with Crippen molar-refractivity contribution in [2.75, 3.05) is 0 Å². The molecule has 0 atom stereocenters. The third-order valence-corrected chi connectivity index (χ3v) is 4.91. The molecule has 0 bridgehead atoms. The van der Waals surface area contributed by atoms with Crippen LogP contribution < -0.4 is 0 Å². The van der Waals surface area contributed by atoms with Crippen LogP contribution in [-0.4, -0.2) is 0 Å². The highest BCUT2D eigenvalue weighted by atomic mass is 19.4. The Kier molecular flexibility index (Phi) is 7.19. The van der Waals surface area contributed by atoms with Gasteiger partial charge in [0, 0.05) is 0 Å². The number of hydrogen-bond acceptors (Lipinski definition) is 0. The minimum absolute atomic E-state index is 0.0599. The molecule has 35 heavy (non-hydrogen) atoms. The largest absolute Gasteiger partial charge is 0.416 e. The van der Waals surface area contributed by atoms with Crippen LogP contribution in [0.2, 0.25) is 0 Å². The van der Waals surface area contributed by atoms with Crippen molar-refractivity contribution in [1.29, 1.82) is 0 Å². The number of alkyl halides is 9. The molecule has 0 aliphatic rings. The highest BCUT2D eigenvalue weighted by Gasteiger charge is 2.36. The highest BCUT2D eigenvalue weighted by molar-refractivity contribution is 5.73. The Hall–Kier alpha value is -3.49. The summed E-state index contributed by atoms with van der Waals surface area (Å²) in [5.41, 5.74) is -1.90. The minimum Gasteiger partial charge on any atom is -0.166 e. The number of rotatable bonds is 4. The van der Waals surface area contributed by atoms with Crippen LogP contribution >= 0.6 is 0 Å². The third-order valence-electron chi connectivity index (χ3n) is 4.91. The van der Waals surface area contributed by atoms with E-state index in [4.69, 9.17) is 0 Å². The minimum atomic E-state index is -4.93. The molecule has 0 nitrogen and oxygen atoms in total. The van der Waals surface area contributed by atoms with Crippen LogP contribution in [-0.2, 0) is 18.5 Å². The zero-order valence-corrected chi connectivity index (χ0v) is 18.0. The second-order valence-corrected chi connectivity index (χ2v) is 7.80. The van der Waals surface area contributed by atoms with Gasteiger partial charge in [-0.2, -0.15) is 39.5 Å². The van der Waals surface area contributed by atoms with E-state index in [1.54, 1.807) is 43.3 Å². The van der Waals surface area contributed by atoms with Gasteiger partial charge in [-0.3, -0.25) is 0 Å². The molecule has 0 saturated carbocycles. The quantitative estimate of drug-likeness (QED) is 0.247. The third kappa shape index (κ3) is 7.24. The monoisotopic (exact) mass is 500 g/mol. The molecule has 0 N–H and O–H groups in total.